The number of nitrogens with one attached hydrogen (secondary N) is 1. The van der Waals surface area contributed by atoms with Crippen molar-refractivity contribution >= 4 is 6.09 Å². The monoisotopic (exact) mass is 304 g/mol. The number of hydrogen-bond donors (Lipinski definition) is 1. The van der Waals surface area contributed by atoms with Crippen molar-refractivity contribution in [1.29, 1.82) is 0 Å². The van der Waals surface area contributed by atoms with Crippen LogP contribution in [0.4, 0.5) is 9.18 Å². The van der Waals surface area contributed by atoms with Crippen LogP contribution in [0.1, 0.15) is 26.3 Å². The lowest BCUT2D eigenvalue weighted by Crippen LogP contribution is -2.33. The zero-order valence-electron chi connectivity index (χ0n) is 13.3. The average Bonchev–Trinajstić information content (AvgIpc) is 2.85. The van der Waals surface area contributed by atoms with E-state index >= 15 is 0 Å². The van der Waals surface area contributed by atoms with E-state index < -0.39 is 5.60 Å². The van der Waals surface area contributed by atoms with Crippen LogP contribution in [-0.4, -0.2) is 28.6 Å². The molecule has 0 aliphatic heterocycles. The summed E-state index contributed by atoms with van der Waals surface area (Å²) in [6.45, 7) is 5.86. The molecule has 0 saturated carbocycles. The molecule has 0 atom stereocenters. The molecule has 1 heterocycles. The van der Waals surface area contributed by atoms with Crippen LogP contribution >= 0.6 is 0 Å². The van der Waals surface area contributed by atoms with E-state index in [2.05, 4.69) is 4.98 Å². The van der Waals surface area contributed by atoms with E-state index in [1.165, 1.54) is 11.0 Å². The molecule has 118 valence electrons. The van der Waals surface area contributed by atoms with Gasteiger partial charge in [0.1, 0.15) is 11.4 Å². The highest BCUT2D eigenvalue weighted by Gasteiger charge is 2.20. The molecule has 0 fully saturated rings. The van der Waals surface area contributed by atoms with Gasteiger partial charge in [0.15, 0.2) is 0 Å². The van der Waals surface area contributed by atoms with Gasteiger partial charge in [0, 0.05) is 24.5 Å². The Morgan fingerprint density at radius 3 is 2.64 bits per heavy atom. The van der Waals surface area contributed by atoms with E-state index in [1.807, 2.05) is 26.8 Å². The van der Waals surface area contributed by atoms with E-state index in [9.17, 15) is 9.18 Å². The predicted octanol–water partition coefficient (Wildman–Crippen LogP) is 4.19. The summed E-state index contributed by atoms with van der Waals surface area (Å²) in [7, 11) is 1.67. The lowest BCUT2D eigenvalue weighted by atomic mass is 10.1. The topological polar surface area (TPSA) is 45.3 Å². The minimum Gasteiger partial charge on any atom is -0.444 e. The number of H-pyrrole nitrogens is 1. The Morgan fingerprint density at radius 1 is 1.32 bits per heavy atom. The van der Waals surface area contributed by atoms with Crippen LogP contribution in [0.15, 0.2) is 36.5 Å². The van der Waals surface area contributed by atoms with Gasteiger partial charge in [-0.15, -0.1) is 0 Å². The van der Waals surface area contributed by atoms with E-state index in [-0.39, 0.29) is 11.9 Å². The van der Waals surface area contributed by atoms with Gasteiger partial charge in [0.05, 0.1) is 6.54 Å². The molecule has 0 aliphatic carbocycles. The summed E-state index contributed by atoms with van der Waals surface area (Å²) in [6.07, 6.45) is 1.38. The molecule has 2 rings (SSSR count). The fraction of sp³-hybridized carbons (Fsp3) is 0.353. The fourth-order valence-corrected chi connectivity index (χ4v) is 2.04. The third-order valence-electron chi connectivity index (χ3n) is 3.03. The Balaban J connectivity index is 2.06. The number of rotatable bonds is 3. The molecule has 0 aliphatic rings. The molecule has 1 aromatic heterocycles. The molecule has 0 radical (unpaired) electrons. The van der Waals surface area contributed by atoms with Gasteiger partial charge < -0.3 is 14.6 Å². The van der Waals surface area contributed by atoms with Gasteiger partial charge in [-0.1, -0.05) is 12.1 Å². The molecular weight excluding hydrogens is 283 g/mol. The van der Waals surface area contributed by atoms with Crippen molar-refractivity contribution in [1.82, 2.24) is 9.88 Å². The van der Waals surface area contributed by atoms with Crippen LogP contribution in [0, 0.1) is 5.82 Å². The number of carbonyl (C=O) groups is 1. The summed E-state index contributed by atoms with van der Waals surface area (Å²) in [5.41, 5.74) is 1.55. The van der Waals surface area contributed by atoms with Crippen molar-refractivity contribution in [2.45, 2.75) is 32.9 Å². The number of aromatic amines is 1. The number of carbonyl (C=O) groups excluding carboxylic acids is 1. The van der Waals surface area contributed by atoms with Gasteiger partial charge in [0.25, 0.3) is 0 Å². The molecule has 22 heavy (non-hydrogen) atoms. The van der Waals surface area contributed by atoms with Crippen LogP contribution in [0.2, 0.25) is 0 Å². The van der Waals surface area contributed by atoms with E-state index in [1.54, 1.807) is 31.4 Å². The van der Waals surface area contributed by atoms with Crippen LogP contribution < -0.4 is 0 Å². The third kappa shape index (κ3) is 4.10. The Labute approximate surface area is 129 Å². The zero-order valence-corrected chi connectivity index (χ0v) is 13.3. The maximum absolute atomic E-state index is 13.8. The molecule has 0 bridgehead atoms. The molecule has 0 spiro atoms. The number of halogens is 1. The highest BCUT2D eigenvalue weighted by molar-refractivity contribution is 5.68. The van der Waals surface area contributed by atoms with Gasteiger partial charge in [0.2, 0.25) is 0 Å². The molecular formula is C17H21FN2O2. The summed E-state index contributed by atoms with van der Waals surface area (Å²) in [5.74, 6) is -0.281. The maximum atomic E-state index is 13.8. The van der Waals surface area contributed by atoms with Gasteiger partial charge in [-0.2, -0.15) is 0 Å². The SMILES string of the molecule is CN(Cc1c[nH]c(-c2ccccc2F)c1)C(=O)OC(C)(C)C. The van der Waals surface area contributed by atoms with Crippen molar-refractivity contribution in [2.75, 3.05) is 7.05 Å². The van der Waals surface area contributed by atoms with Crippen molar-refractivity contribution in [3.05, 3.63) is 47.9 Å². The van der Waals surface area contributed by atoms with E-state index in [0.717, 1.165) is 5.56 Å². The predicted molar refractivity (Wildman–Crippen MR) is 83.9 cm³/mol. The van der Waals surface area contributed by atoms with Gasteiger partial charge in [-0.3, -0.25) is 0 Å². The van der Waals surface area contributed by atoms with Gasteiger partial charge >= 0.3 is 6.09 Å². The first-order chi connectivity index (χ1) is 10.3. The normalized spacial score (nSPS) is 11.3. The molecule has 5 heteroatoms. The lowest BCUT2D eigenvalue weighted by Gasteiger charge is -2.24. The first-order valence-electron chi connectivity index (χ1n) is 7.12. The van der Waals surface area contributed by atoms with E-state index in [0.29, 0.717) is 17.8 Å². The van der Waals surface area contributed by atoms with Crippen LogP contribution in [0.25, 0.3) is 11.3 Å². The number of hydrogen-bond acceptors (Lipinski definition) is 2. The molecule has 2 aromatic rings. The standard InChI is InChI=1S/C17H21FN2O2/c1-17(2,3)22-16(21)20(4)11-12-9-15(19-10-12)13-7-5-6-8-14(13)18/h5-10,19H,11H2,1-4H3. The number of ether oxygens (including phenoxy) is 1. The third-order valence-corrected chi connectivity index (χ3v) is 3.03. The first-order valence-corrected chi connectivity index (χ1v) is 7.12. The van der Waals surface area contributed by atoms with Crippen LogP contribution in [0.5, 0.6) is 0 Å². The molecule has 1 N–H and O–H groups in total. The summed E-state index contributed by atoms with van der Waals surface area (Å²) in [6, 6.07) is 8.40. The molecule has 0 unspecified atom stereocenters. The average molecular weight is 304 g/mol. The highest BCUT2D eigenvalue weighted by atomic mass is 19.1. The minimum atomic E-state index is -0.526. The Morgan fingerprint density at radius 2 is 2.00 bits per heavy atom. The number of amides is 1. The maximum Gasteiger partial charge on any atom is 0.410 e. The van der Waals surface area contributed by atoms with Crippen LogP contribution in [-0.2, 0) is 11.3 Å². The second kappa shape index (κ2) is 6.22. The lowest BCUT2D eigenvalue weighted by molar-refractivity contribution is 0.0285. The summed E-state index contributed by atoms with van der Waals surface area (Å²) in [4.78, 5) is 16.4. The Hall–Kier alpha value is -2.30. The van der Waals surface area contributed by atoms with Gasteiger partial charge in [-0.05, 0) is 44.5 Å². The molecule has 1 amide bonds. The molecule has 0 saturated heterocycles. The summed E-state index contributed by atoms with van der Waals surface area (Å²) < 4.78 is 19.1. The van der Waals surface area contributed by atoms with Crippen LogP contribution in [0.3, 0.4) is 0 Å². The fourth-order valence-electron chi connectivity index (χ4n) is 2.04. The smallest absolute Gasteiger partial charge is 0.410 e. The molecule has 1 aromatic carbocycles. The van der Waals surface area contributed by atoms with Crippen molar-refractivity contribution in [2.24, 2.45) is 0 Å². The minimum absolute atomic E-state index is 0.281. The highest BCUT2D eigenvalue weighted by Crippen LogP contribution is 2.22. The van der Waals surface area contributed by atoms with Gasteiger partial charge in [-0.25, -0.2) is 9.18 Å². The molecule has 4 nitrogen and oxygen atoms in total. The second-order valence-electron chi connectivity index (χ2n) is 6.24. The Bertz CT molecular complexity index is 659. The van der Waals surface area contributed by atoms with Crippen molar-refractivity contribution in [3.63, 3.8) is 0 Å². The van der Waals surface area contributed by atoms with Crippen molar-refractivity contribution in [3.8, 4) is 11.3 Å². The number of nitrogens with zero attached hydrogens (tertiary/aromatic N) is 1. The zero-order chi connectivity index (χ0) is 16.3. The quantitative estimate of drug-likeness (QED) is 0.924. The summed E-state index contributed by atoms with van der Waals surface area (Å²) >= 11 is 0. The summed E-state index contributed by atoms with van der Waals surface area (Å²) in [5, 5.41) is 0. The van der Waals surface area contributed by atoms with Crippen molar-refractivity contribution < 1.29 is 13.9 Å². The largest absolute Gasteiger partial charge is 0.444 e. The van der Waals surface area contributed by atoms with E-state index in [4.69, 9.17) is 4.74 Å². The second-order valence-corrected chi connectivity index (χ2v) is 6.24. The first kappa shape index (κ1) is 16.1. The number of benzene rings is 1. The number of aromatic nitrogens is 1. The Kier molecular flexibility index (Phi) is 4.54.